The van der Waals surface area contributed by atoms with Gasteiger partial charge in [0.05, 0.1) is 4.92 Å². The predicted molar refractivity (Wildman–Crippen MR) is 156 cm³/mol. The van der Waals surface area contributed by atoms with Crippen LogP contribution in [0.5, 0.6) is 0 Å². The Bertz CT molecular complexity index is 1650. The number of nitrogens with zero attached hydrogens (tertiary/aromatic N) is 2. The van der Waals surface area contributed by atoms with Gasteiger partial charge in [-0.25, -0.2) is 8.42 Å². The average molecular weight is 577 g/mol. The van der Waals surface area contributed by atoms with Crippen molar-refractivity contribution in [2.45, 2.75) is 29.5 Å². The van der Waals surface area contributed by atoms with E-state index in [0.29, 0.717) is 36.4 Å². The molecule has 40 heavy (non-hydrogen) atoms. The Morgan fingerprint density at radius 1 is 0.975 bits per heavy atom. The molecule has 0 unspecified atom stereocenters. The molecule has 1 saturated heterocycles. The maximum atomic E-state index is 13.4. The summed E-state index contributed by atoms with van der Waals surface area (Å²) >= 11 is 1.10. The van der Waals surface area contributed by atoms with Crippen LogP contribution < -0.4 is 11.1 Å². The molecule has 2 heterocycles. The molecule has 0 aliphatic carbocycles. The van der Waals surface area contributed by atoms with E-state index in [1.54, 1.807) is 12.1 Å². The molecule has 1 aromatic heterocycles. The van der Waals surface area contributed by atoms with Crippen LogP contribution in [-0.4, -0.2) is 42.7 Å². The van der Waals surface area contributed by atoms with E-state index >= 15 is 0 Å². The van der Waals surface area contributed by atoms with Crippen LogP contribution in [0.25, 0.3) is 11.1 Å². The number of hydrogen-bond acceptors (Lipinski definition) is 7. The molecule has 0 atom stereocenters. The first-order valence-electron chi connectivity index (χ1n) is 12.8. The smallest absolute Gasteiger partial charge is 0.269 e. The van der Waals surface area contributed by atoms with Gasteiger partial charge in [-0.2, -0.15) is 4.31 Å². The second kappa shape index (κ2) is 11.6. The zero-order valence-electron chi connectivity index (χ0n) is 21.5. The highest BCUT2D eigenvalue weighted by molar-refractivity contribution is 7.91. The summed E-state index contributed by atoms with van der Waals surface area (Å²) in [5.74, 6) is -0.697. The number of nitrogens with one attached hydrogen (secondary N) is 1. The molecule has 3 N–H and O–H groups in total. The number of carbonyl (C=O) groups is 1. The third-order valence-electron chi connectivity index (χ3n) is 6.96. The highest BCUT2D eigenvalue weighted by Gasteiger charge is 2.30. The Hall–Kier alpha value is -4.06. The third-order valence-corrected chi connectivity index (χ3v) is 10.4. The standard InChI is InChI=1S/C29H28N4O5S2/c30-29(34)27-11-9-25(33(35)36)18-22(27)19-26-10-12-28(39-26)40(37,38)32-15-13-23(14-16-32)31-24-8-4-7-21(17-24)20-5-2-1-3-6-20/h1-12,17-18,23,31H,13-16,19H2,(H2,30,34). The number of nitro benzene ring substituents is 1. The second-order valence-corrected chi connectivity index (χ2v) is 13.0. The molecule has 3 aromatic carbocycles. The number of non-ortho nitro benzene ring substituents is 1. The van der Waals surface area contributed by atoms with E-state index in [-0.39, 0.29) is 27.9 Å². The first kappa shape index (κ1) is 27.5. The number of benzene rings is 3. The van der Waals surface area contributed by atoms with Crippen molar-refractivity contribution in [1.29, 1.82) is 0 Å². The van der Waals surface area contributed by atoms with Gasteiger partial charge in [-0.3, -0.25) is 14.9 Å². The number of nitro groups is 1. The topological polar surface area (TPSA) is 136 Å². The van der Waals surface area contributed by atoms with Crippen molar-refractivity contribution in [1.82, 2.24) is 4.31 Å². The molecule has 0 saturated carbocycles. The van der Waals surface area contributed by atoms with Crippen LogP contribution in [0.4, 0.5) is 11.4 Å². The minimum absolute atomic E-state index is 0.150. The highest BCUT2D eigenvalue weighted by atomic mass is 32.2. The molecule has 0 bridgehead atoms. The summed E-state index contributed by atoms with van der Waals surface area (Å²) in [5, 5.41) is 14.8. The summed E-state index contributed by atoms with van der Waals surface area (Å²) in [5.41, 5.74) is 9.10. The van der Waals surface area contributed by atoms with Gasteiger partial charge in [-0.05, 0) is 59.9 Å². The Balaban J connectivity index is 1.23. The van der Waals surface area contributed by atoms with Crippen LogP contribution >= 0.6 is 11.3 Å². The molecule has 11 heteroatoms. The minimum Gasteiger partial charge on any atom is -0.382 e. The van der Waals surface area contributed by atoms with Gasteiger partial charge in [0.2, 0.25) is 5.91 Å². The van der Waals surface area contributed by atoms with Crippen molar-refractivity contribution in [2.24, 2.45) is 5.73 Å². The monoisotopic (exact) mass is 576 g/mol. The predicted octanol–water partition coefficient (Wildman–Crippen LogP) is 5.28. The van der Waals surface area contributed by atoms with Crippen molar-refractivity contribution in [2.75, 3.05) is 18.4 Å². The number of carbonyl (C=O) groups excluding carboxylic acids is 1. The van der Waals surface area contributed by atoms with E-state index in [4.69, 9.17) is 5.73 Å². The molecule has 0 spiro atoms. The van der Waals surface area contributed by atoms with Gasteiger partial charge >= 0.3 is 0 Å². The SMILES string of the molecule is NC(=O)c1ccc([N+](=O)[O-])cc1Cc1ccc(S(=O)(=O)N2CCC(Nc3cccc(-c4ccccc4)c3)CC2)s1. The number of hydrogen-bond donors (Lipinski definition) is 2. The van der Waals surface area contributed by atoms with Gasteiger partial charge in [0.1, 0.15) is 4.21 Å². The lowest BCUT2D eigenvalue weighted by atomic mass is 10.0. The number of rotatable bonds is 9. The van der Waals surface area contributed by atoms with Gasteiger partial charge in [-0.1, -0.05) is 42.5 Å². The van der Waals surface area contributed by atoms with Gasteiger partial charge in [0, 0.05) is 53.8 Å². The van der Waals surface area contributed by atoms with E-state index in [1.165, 1.54) is 22.5 Å². The molecule has 1 aliphatic rings. The van der Waals surface area contributed by atoms with E-state index in [2.05, 4.69) is 29.6 Å². The van der Waals surface area contributed by atoms with E-state index in [0.717, 1.165) is 28.2 Å². The van der Waals surface area contributed by atoms with Gasteiger partial charge < -0.3 is 11.1 Å². The lowest BCUT2D eigenvalue weighted by Gasteiger charge is -2.31. The Morgan fingerprint density at radius 3 is 2.40 bits per heavy atom. The fourth-order valence-corrected chi connectivity index (χ4v) is 7.89. The lowest BCUT2D eigenvalue weighted by Crippen LogP contribution is -2.42. The maximum absolute atomic E-state index is 13.4. The number of thiophene rings is 1. The Kier molecular flexibility index (Phi) is 7.97. The average Bonchev–Trinajstić information content (AvgIpc) is 3.43. The molecule has 0 radical (unpaired) electrons. The van der Waals surface area contributed by atoms with Crippen molar-refractivity contribution in [3.63, 3.8) is 0 Å². The van der Waals surface area contributed by atoms with Crippen LogP contribution in [0.2, 0.25) is 0 Å². The first-order valence-corrected chi connectivity index (χ1v) is 15.0. The molecule has 9 nitrogen and oxygen atoms in total. The first-order chi connectivity index (χ1) is 19.2. The minimum atomic E-state index is -3.70. The van der Waals surface area contributed by atoms with Crippen LogP contribution in [0.15, 0.2) is 89.1 Å². The van der Waals surface area contributed by atoms with Crippen molar-refractivity contribution in [3.05, 3.63) is 111 Å². The van der Waals surface area contributed by atoms with Gasteiger partial charge in [0.15, 0.2) is 0 Å². The summed E-state index contributed by atoms with van der Waals surface area (Å²) in [7, 11) is -3.70. The zero-order chi connectivity index (χ0) is 28.3. The summed E-state index contributed by atoms with van der Waals surface area (Å²) in [4.78, 5) is 23.2. The van der Waals surface area contributed by atoms with Crippen molar-refractivity contribution < 1.29 is 18.1 Å². The van der Waals surface area contributed by atoms with E-state index in [1.807, 2.05) is 30.3 Å². The molecular formula is C29H28N4O5S2. The molecule has 4 aromatic rings. The lowest BCUT2D eigenvalue weighted by molar-refractivity contribution is -0.384. The normalized spacial score (nSPS) is 14.6. The summed E-state index contributed by atoms with van der Waals surface area (Å²) in [6.07, 6.45) is 1.50. The molecule has 5 rings (SSSR count). The summed E-state index contributed by atoms with van der Waals surface area (Å²) in [6.45, 7) is 0.782. The third kappa shape index (κ3) is 6.06. The second-order valence-electron chi connectivity index (χ2n) is 9.63. The van der Waals surface area contributed by atoms with E-state index in [9.17, 15) is 23.3 Å². The highest BCUT2D eigenvalue weighted by Crippen LogP contribution is 2.31. The van der Waals surface area contributed by atoms with E-state index < -0.39 is 20.9 Å². The largest absolute Gasteiger partial charge is 0.382 e. The molecule has 206 valence electrons. The zero-order valence-corrected chi connectivity index (χ0v) is 23.2. The fourth-order valence-electron chi connectivity index (χ4n) is 4.88. The number of primary amides is 1. The van der Waals surface area contributed by atoms with Crippen LogP contribution in [0.1, 0.15) is 33.6 Å². The number of sulfonamides is 1. The Labute approximate surface area is 236 Å². The number of anilines is 1. The Morgan fingerprint density at radius 2 is 1.70 bits per heavy atom. The number of nitrogens with two attached hydrogens (primary N) is 1. The number of amides is 1. The fraction of sp³-hybridized carbons (Fsp3) is 0.207. The van der Waals surface area contributed by atoms with Crippen LogP contribution in [0, 0.1) is 10.1 Å². The van der Waals surface area contributed by atoms with Gasteiger partial charge in [0.25, 0.3) is 15.7 Å². The molecule has 1 amide bonds. The van der Waals surface area contributed by atoms with Crippen molar-refractivity contribution >= 4 is 38.6 Å². The molecular weight excluding hydrogens is 548 g/mol. The van der Waals surface area contributed by atoms with Crippen LogP contribution in [0.3, 0.4) is 0 Å². The van der Waals surface area contributed by atoms with Gasteiger partial charge in [-0.15, -0.1) is 11.3 Å². The summed E-state index contributed by atoms with van der Waals surface area (Å²) < 4.78 is 28.5. The number of piperidine rings is 1. The summed E-state index contributed by atoms with van der Waals surface area (Å²) in [6, 6.07) is 25.6. The quantitative estimate of drug-likeness (QED) is 0.206. The molecule has 1 fully saturated rings. The van der Waals surface area contributed by atoms with Crippen LogP contribution in [-0.2, 0) is 16.4 Å². The molecule has 1 aliphatic heterocycles. The van der Waals surface area contributed by atoms with Crippen molar-refractivity contribution in [3.8, 4) is 11.1 Å². The maximum Gasteiger partial charge on any atom is 0.269 e.